The highest BCUT2D eigenvalue weighted by molar-refractivity contribution is 7.88. The highest BCUT2D eigenvalue weighted by Crippen LogP contribution is 2.57. The van der Waals surface area contributed by atoms with E-state index in [-0.39, 0.29) is 17.3 Å². The molecule has 0 N–H and O–H groups in total. The van der Waals surface area contributed by atoms with Gasteiger partial charge < -0.3 is 0 Å². The molecule has 6 heteroatoms. The summed E-state index contributed by atoms with van der Waals surface area (Å²) in [6.07, 6.45) is -3.02. The Morgan fingerprint density at radius 3 is 2.32 bits per heavy atom. The standard InChI is InChI=1S/C13H11F3O2S/c14-13(15,16)9-3-1-8(2-4-9)11(17)12-7-10(12)5-6-19(12)18/h1-4,10H,5-7H2/t10-,12+,19?/m0/s1. The molecule has 1 aromatic rings. The minimum absolute atomic E-state index is 0.156. The fourth-order valence-electron chi connectivity index (χ4n) is 2.79. The van der Waals surface area contributed by atoms with Gasteiger partial charge in [-0.1, -0.05) is 12.1 Å². The van der Waals surface area contributed by atoms with E-state index in [0.29, 0.717) is 12.2 Å². The van der Waals surface area contributed by atoms with Gasteiger partial charge in [0, 0.05) is 22.1 Å². The Hall–Kier alpha value is -1.17. The molecule has 1 aliphatic carbocycles. The van der Waals surface area contributed by atoms with Crippen molar-refractivity contribution < 1.29 is 22.2 Å². The maximum absolute atomic E-state index is 12.4. The first-order valence-corrected chi connectivity index (χ1v) is 7.28. The lowest BCUT2D eigenvalue weighted by atomic mass is 10.0. The molecule has 0 amide bonds. The zero-order chi connectivity index (χ0) is 13.8. The van der Waals surface area contributed by atoms with E-state index in [2.05, 4.69) is 0 Å². The zero-order valence-corrected chi connectivity index (χ0v) is 10.7. The molecule has 102 valence electrons. The lowest BCUT2D eigenvalue weighted by Crippen LogP contribution is -2.28. The number of ketones is 1. The molecule has 1 heterocycles. The van der Waals surface area contributed by atoms with Gasteiger partial charge in [0.15, 0.2) is 5.78 Å². The van der Waals surface area contributed by atoms with Crippen LogP contribution in [0.4, 0.5) is 13.2 Å². The first kappa shape index (κ1) is 12.8. The molecular weight excluding hydrogens is 277 g/mol. The number of Topliss-reactive ketones (excluding diaryl/α,β-unsaturated/α-hetero) is 1. The molecule has 1 saturated carbocycles. The largest absolute Gasteiger partial charge is 0.416 e. The molecule has 19 heavy (non-hydrogen) atoms. The van der Waals surface area contributed by atoms with Crippen LogP contribution in [0.1, 0.15) is 28.8 Å². The molecule has 0 radical (unpaired) electrons. The molecule has 1 aliphatic heterocycles. The van der Waals surface area contributed by atoms with Gasteiger partial charge in [0.05, 0.1) is 5.56 Å². The number of benzene rings is 1. The summed E-state index contributed by atoms with van der Waals surface area (Å²) in [4.78, 5) is 12.3. The van der Waals surface area contributed by atoms with Gasteiger partial charge >= 0.3 is 6.18 Å². The third-order valence-electron chi connectivity index (χ3n) is 3.97. The van der Waals surface area contributed by atoms with Crippen molar-refractivity contribution in [3.63, 3.8) is 0 Å². The highest BCUT2D eigenvalue weighted by atomic mass is 32.2. The van der Waals surface area contributed by atoms with E-state index in [1.165, 1.54) is 12.1 Å². The van der Waals surface area contributed by atoms with Crippen LogP contribution in [0.5, 0.6) is 0 Å². The van der Waals surface area contributed by atoms with Gasteiger partial charge in [0.1, 0.15) is 4.75 Å². The second-order valence-electron chi connectivity index (χ2n) is 5.03. The first-order valence-electron chi connectivity index (χ1n) is 5.96. The van der Waals surface area contributed by atoms with Crippen LogP contribution in [0.3, 0.4) is 0 Å². The van der Waals surface area contributed by atoms with Gasteiger partial charge in [-0.15, -0.1) is 0 Å². The number of carbonyl (C=O) groups is 1. The Labute approximate surface area is 110 Å². The monoisotopic (exact) mass is 288 g/mol. The minimum Gasteiger partial charge on any atom is -0.292 e. The van der Waals surface area contributed by atoms with Crippen molar-refractivity contribution >= 4 is 16.6 Å². The molecule has 0 spiro atoms. The van der Waals surface area contributed by atoms with E-state index in [0.717, 1.165) is 18.6 Å². The van der Waals surface area contributed by atoms with Gasteiger partial charge in [-0.05, 0) is 30.9 Å². The summed E-state index contributed by atoms with van der Waals surface area (Å²) in [5, 5.41) is 0. The van der Waals surface area contributed by atoms with Crippen LogP contribution in [-0.4, -0.2) is 20.5 Å². The Morgan fingerprint density at radius 1 is 1.26 bits per heavy atom. The Balaban J connectivity index is 1.88. The Kier molecular flexibility index (Phi) is 2.64. The van der Waals surface area contributed by atoms with E-state index in [1.54, 1.807) is 0 Å². The van der Waals surface area contributed by atoms with Gasteiger partial charge in [-0.3, -0.25) is 9.00 Å². The van der Waals surface area contributed by atoms with E-state index >= 15 is 0 Å². The lowest BCUT2D eigenvalue weighted by Gasteiger charge is -2.11. The van der Waals surface area contributed by atoms with Crippen LogP contribution in [0.25, 0.3) is 0 Å². The molecule has 2 fully saturated rings. The Morgan fingerprint density at radius 2 is 1.89 bits per heavy atom. The average molecular weight is 288 g/mol. The van der Waals surface area contributed by atoms with Crippen molar-refractivity contribution in [3.8, 4) is 0 Å². The topological polar surface area (TPSA) is 34.1 Å². The second-order valence-corrected chi connectivity index (χ2v) is 6.86. The molecule has 0 aromatic heterocycles. The van der Waals surface area contributed by atoms with E-state index in [4.69, 9.17) is 0 Å². The maximum Gasteiger partial charge on any atom is 0.416 e. The molecule has 3 atom stereocenters. The minimum atomic E-state index is -4.40. The van der Waals surface area contributed by atoms with Crippen molar-refractivity contribution in [3.05, 3.63) is 35.4 Å². The third kappa shape index (κ3) is 1.84. The molecule has 1 unspecified atom stereocenters. The Bertz CT molecular complexity index is 564. The quantitative estimate of drug-likeness (QED) is 0.784. The number of hydrogen-bond acceptors (Lipinski definition) is 2. The zero-order valence-electron chi connectivity index (χ0n) is 9.87. The second kappa shape index (κ2) is 3.91. The number of hydrogen-bond donors (Lipinski definition) is 0. The number of rotatable bonds is 2. The molecule has 2 nitrogen and oxygen atoms in total. The van der Waals surface area contributed by atoms with E-state index < -0.39 is 27.3 Å². The fourth-order valence-corrected chi connectivity index (χ4v) is 4.85. The van der Waals surface area contributed by atoms with Gasteiger partial charge in [0.25, 0.3) is 0 Å². The van der Waals surface area contributed by atoms with Crippen LogP contribution >= 0.6 is 0 Å². The summed E-state index contributed by atoms with van der Waals surface area (Å²) < 4.78 is 48.4. The SMILES string of the molecule is O=C(c1ccc(C(F)(F)F)cc1)[C@@]12C[C@@H]1CCS2=O. The summed E-state index contributed by atoms with van der Waals surface area (Å²) in [6.45, 7) is 0. The fraction of sp³-hybridized carbons (Fsp3) is 0.462. The summed E-state index contributed by atoms with van der Waals surface area (Å²) in [7, 11) is -1.18. The van der Waals surface area contributed by atoms with Crippen LogP contribution in [-0.2, 0) is 17.0 Å². The van der Waals surface area contributed by atoms with Crippen LogP contribution in [0, 0.1) is 5.92 Å². The average Bonchev–Trinajstić information content (AvgIpc) is 3.02. The third-order valence-corrected chi connectivity index (χ3v) is 6.07. The first-order chi connectivity index (χ1) is 8.85. The van der Waals surface area contributed by atoms with Gasteiger partial charge in [0.2, 0.25) is 0 Å². The predicted molar refractivity (Wildman–Crippen MR) is 64.2 cm³/mol. The highest BCUT2D eigenvalue weighted by Gasteiger charge is 2.67. The number of carbonyl (C=O) groups excluding carboxylic acids is 1. The molecular formula is C13H11F3O2S. The van der Waals surface area contributed by atoms with E-state index in [9.17, 15) is 22.2 Å². The lowest BCUT2D eigenvalue weighted by molar-refractivity contribution is -0.137. The summed E-state index contributed by atoms with van der Waals surface area (Å²) >= 11 is 0. The van der Waals surface area contributed by atoms with Crippen LogP contribution in [0.15, 0.2) is 24.3 Å². The van der Waals surface area contributed by atoms with Crippen LogP contribution < -0.4 is 0 Å². The molecule has 0 bridgehead atoms. The normalized spacial score (nSPS) is 33.0. The van der Waals surface area contributed by atoms with Gasteiger partial charge in [-0.2, -0.15) is 13.2 Å². The summed E-state index contributed by atoms with van der Waals surface area (Å²) in [5.74, 6) is 0.419. The smallest absolute Gasteiger partial charge is 0.292 e. The number of halogens is 3. The number of alkyl halides is 3. The van der Waals surface area contributed by atoms with Crippen molar-refractivity contribution in [1.29, 1.82) is 0 Å². The van der Waals surface area contributed by atoms with Crippen molar-refractivity contribution in [1.82, 2.24) is 0 Å². The number of fused-ring (bicyclic) bond motifs is 1. The summed E-state index contributed by atoms with van der Waals surface area (Å²) in [6, 6.07) is 4.17. The van der Waals surface area contributed by atoms with Crippen molar-refractivity contribution in [2.75, 3.05) is 5.75 Å². The molecule has 2 aliphatic rings. The van der Waals surface area contributed by atoms with E-state index in [1.807, 2.05) is 0 Å². The predicted octanol–water partition coefficient (Wildman–Crippen LogP) is 2.80. The van der Waals surface area contributed by atoms with Crippen molar-refractivity contribution in [2.24, 2.45) is 5.92 Å². The maximum atomic E-state index is 12.4. The summed E-state index contributed by atoms with van der Waals surface area (Å²) in [5.41, 5.74) is -0.549. The van der Waals surface area contributed by atoms with Gasteiger partial charge in [-0.25, -0.2) is 0 Å². The molecule has 3 rings (SSSR count). The van der Waals surface area contributed by atoms with Crippen molar-refractivity contribution in [2.45, 2.75) is 23.8 Å². The van der Waals surface area contributed by atoms with Crippen LogP contribution in [0.2, 0.25) is 0 Å². The molecule has 1 saturated heterocycles. The molecule has 1 aromatic carbocycles.